The number of rotatable bonds is 15. The van der Waals surface area contributed by atoms with Crippen molar-refractivity contribution in [3.8, 4) is 17.5 Å². The minimum atomic E-state index is -1.18. The third kappa shape index (κ3) is 7.67. The summed E-state index contributed by atoms with van der Waals surface area (Å²) in [6.07, 6.45) is 6.82. The first kappa shape index (κ1) is 45.6. The minimum absolute atomic E-state index is 0.0132. The molecule has 11 heteroatoms. The summed E-state index contributed by atoms with van der Waals surface area (Å²) in [6.45, 7) is 20.5. The van der Waals surface area contributed by atoms with Gasteiger partial charge in [0.2, 0.25) is 0 Å². The average Bonchev–Trinajstić information content (AvgIpc) is 3.76. The van der Waals surface area contributed by atoms with Crippen molar-refractivity contribution < 1.29 is 29.3 Å². The summed E-state index contributed by atoms with van der Waals surface area (Å²) in [5.74, 6) is 0.839. The highest BCUT2D eigenvalue weighted by Crippen LogP contribution is 2.76. The van der Waals surface area contributed by atoms with E-state index in [9.17, 15) is 29.9 Å². The third-order valence-electron chi connectivity index (χ3n) is 16.7. The van der Waals surface area contributed by atoms with E-state index in [1.165, 1.54) is 5.57 Å². The largest absolute Gasteiger partial charge is 0.481 e. The van der Waals surface area contributed by atoms with Gasteiger partial charge < -0.3 is 24.4 Å². The zero-order valence-electron chi connectivity index (χ0n) is 38.2. The van der Waals surface area contributed by atoms with E-state index in [-0.39, 0.29) is 52.8 Å². The number of aliphatic hydroxyl groups is 1. The quantitative estimate of drug-likeness (QED) is 0.166. The molecule has 0 radical (unpaired) electrons. The molecule has 3 fully saturated rings. The number of ketones is 1. The third-order valence-corrected chi connectivity index (χ3v) is 16.7. The van der Waals surface area contributed by atoms with E-state index in [1.807, 2.05) is 37.7 Å². The Hall–Kier alpha value is -3.88. The summed E-state index contributed by atoms with van der Waals surface area (Å²) >= 11 is 0. The number of carboxylic acid groups (broad SMARTS) is 1. The molecule has 0 spiro atoms. The molecule has 1 heterocycles. The second kappa shape index (κ2) is 16.8. The number of aliphatic carboxylic acids is 1. The number of allylic oxidation sites excluding steroid dienone is 1. The van der Waals surface area contributed by atoms with Crippen molar-refractivity contribution in [3.05, 3.63) is 46.8 Å². The van der Waals surface area contributed by atoms with Crippen LogP contribution in [0.2, 0.25) is 0 Å². The lowest BCUT2D eigenvalue weighted by molar-refractivity contribution is -0.192. The average molecular weight is 826 g/mol. The van der Waals surface area contributed by atoms with Gasteiger partial charge in [0.25, 0.3) is 0 Å². The van der Waals surface area contributed by atoms with Gasteiger partial charge in [0.1, 0.15) is 12.2 Å². The highest BCUT2D eigenvalue weighted by atomic mass is 16.5. The number of benzene rings is 1. The van der Waals surface area contributed by atoms with Crippen molar-refractivity contribution in [2.75, 3.05) is 20.6 Å². The smallest absolute Gasteiger partial charge is 0.309 e. The van der Waals surface area contributed by atoms with Crippen molar-refractivity contribution in [1.82, 2.24) is 19.7 Å². The molecule has 0 aliphatic heterocycles. The van der Waals surface area contributed by atoms with E-state index in [4.69, 9.17) is 9.84 Å². The zero-order valence-corrected chi connectivity index (χ0v) is 38.2. The fourth-order valence-electron chi connectivity index (χ4n) is 12.6. The molecule has 60 heavy (non-hydrogen) atoms. The fourth-order valence-corrected chi connectivity index (χ4v) is 12.6. The Morgan fingerprint density at radius 3 is 2.33 bits per heavy atom. The first-order valence-electron chi connectivity index (χ1n) is 22.6. The number of aliphatic hydroxyl groups excluding tert-OH is 1. The molecule has 4 aliphatic rings. The molecule has 11 nitrogen and oxygen atoms in total. The summed E-state index contributed by atoms with van der Waals surface area (Å²) in [5.41, 5.74) is 1.32. The molecule has 0 unspecified atom stereocenters. The summed E-state index contributed by atoms with van der Waals surface area (Å²) in [5, 5.41) is 41.4. The lowest BCUT2D eigenvalue weighted by Gasteiger charge is -2.69. The van der Waals surface area contributed by atoms with Crippen LogP contribution in [0, 0.1) is 62.1 Å². The van der Waals surface area contributed by atoms with Gasteiger partial charge in [-0.05, 0) is 161 Å². The number of aromatic nitrogens is 3. The molecular weight excluding hydrogens is 755 g/mol. The molecule has 6 rings (SSSR count). The van der Waals surface area contributed by atoms with E-state index in [0.29, 0.717) is 55.0 Å². The molecule has 9 atom stereocenters. The maximum absolute atomic E-state index is 14.5. The predicted molar refractivity (Wildman–Crippen MR) is 231 cm³/mol. The number of carbonyl (C=O) groups is 3. The maximum Gasteiger partial charge on any atom is 0.309 e. The molecule has 2 N–H and O–H groups in total. The van der Waals surface area contributed by atoms with Crippen LogP contribution < -0.4 is 0 Å². The van der Waals surface area contributed by atoms with Gasteiger partial charge in [-0.1, -0.05) is 48.5 Å². The van der Waals surface area contributed by atoms with Crippen LogP contribution in [-0.4, -0.2) is 74.3 Å². The summed E-state index contributed by atoms with van der Waals surface area (Å²) in [6, 6.07) is 9.51. The van der Waals surface area contributed by atoms with Crippen LogP contribution >= 0.6 is 0 Å². The van der Waals surface area contributed by atoms with Crippen molar-refractivity contribution in [2.45, 2.75) is 152 Å². The van der Waals surface area contributed by atoms with Crippen LogP contribution in [0.15, 0.2) is 35.4 Å². The van der Waals surface area contributed by atoms with Crippen molar-refractivity contribution in [1.29, 1.82) is 5.26 Å². The van der Waals surface area contributed by atoms with Crippen LogP contribution in [0.3, 0.4) is 0 Å². The monoisotopic (exact) mass is 826 g/mol. The van der Waals surface area contributed by atoms with E-state index in [0.717, 1.165) is 56.1 Å². The molecule has 0 bridgehead atoms. The van der Waals surface area contributed by atoms with Gasteiger partial charge in [0, 0.05) is 30.5 Å². The molecule has 1 aromatic heterocycles. The fraction of sp³-hybridized carbons (Fsp3) is 0.714. The first-order valence-corrected chi connectivity index (χ1v) is 22.6. The van der Waals surface area contributed by atoms with Crippen molar-refractivity contribution in [3.63, 3.8) is 0 Å². The molecule has 3 saturated carbocycles. The number of nitriles is 1. The maximum atomic E-state index is 14.5. The highest BCUT2D eigenvalue weighted by molar-refractivity contribution is 6.00. The second-order valence-electron chi connectivity index (χ2n) is 21.1. The lowest BCUT2D eigenvalue weighted by atomic mass is 9.35. The Kier molecular flexibility index (Phi) is 12.8. The number of carbonyl (C=O) groups excluding carboxylic acids is 2. The SMILES string of the molecule is CC[C@H](CC[C@@]1(C)[C@H](C)CC[C@]2(C)[C@@H]1CC[C@@H]1C3=C(C(C)C)C(=O)C[C@]3([C@@H](O)c3nnc(-c4ccc(C#N)cc4)n3CCN(C)C)CC[C@]12C)OC(=O)CC(C)(C)C(=O)O. The zero-order chi connectivity index (χ0) is 44.2. The van der Waals surface area contributed by atoms with Gasteiger partial charge in [0.15, 0.2) is 17.4 Å². The first-order chi connectivity index (χ1) is 28.1. The molecule has 4 aliphatic carbocycles. The molecule has 2 aromatic rings. The minimum Gasteiger partial charge on any atom is -0.481 e. The number of Topliss-reactive ketones (excluding diaryl/α,β-unsaturated/α-hetero) is 1. The predicted octanol–water partition coefficient (Wildman–Crippen LogP) is 9.20. The van der Waals surface area contributed by atoms with E-state index in [2.05, 4.69) is 57.6 Å². The number of ether oxygens (including phenoxy) is 1. The van der Waals surface area contributed by atoms with Gasteiger partial charge in [-0.25, -0.2) is 0 Å². The van der Waals surface area contributed by atoms with Crippen molar-refractivity contribution in [2.24, 2.45) is 50.7 Å². The topological polar surface area (TPSA) is 159 Å². The molecule has 0 amide bonds. The van der Waals surface area contributed by atoms with Gasteiger partial charge in [-0.2, -0.15) is 5.26 Å². The summed E-state index contributed by atoms with van der Waals surface area (Å²) in [7, 11) is 4.04. The Balaban J connectivity index is 1.34. The standard InChI is InChI=1S/C49H71N5O6/c1-12-34(60-38(56)28-45(5,6)44(58)59)20-21-46(7)31(4)19-22-48(9)37(46)18-17-35-40-39(30(2)3)36(55)27-49(40,24-23-47(35,48)8)41(57)43-52-51-42(54(43)26-25-53(10)11)33-15-13-32(29-50)14-16-33/h13-16,30-31,34-35,37,41,57H,12,17-28H2,1-11H3,(H,58,59)/t31-,34-,35-,37-,41+,46+,47-,48-,49-/m1/s1. The van der Waals surface area contributed by atoms with Gasteiger partial charge in [-0.3, -0.25) is 14.4 Å². The number of nitrogens with zero attached hydrogens (tertiary/aromatic N) is 5. The molecule has 328 valence electrons. The van der Waals surface area contributed by atoms with E-state index >= 15 is 0 Å². The highest BCUT2D eigenvalue weighted by Gasteiger charge is 2.69. The van der Waals surface area contributed by atoms with Crippen LogP contribution in [0.25, 0.3) is 11.4 Å². The number of fused-ring (bicyclic) bond motifs is 5. The van der Waals surface area contributed by atoms with Crippen molar-refractivity contribution >= 4 is 17.7 Å². The summed E-state index contributed by atoms with van der Waals surface area (Å²) < 4.78 is 8.00. The van der Waals surface area contributed by atoms with Gasteiger partial charge in [-0.15, -0.1) is 10.2 Å². The number of carboxylic acids is 1. The Labute approximate surface area is 358 Å². The van der Waals surface area contributed by atoms with Crippen LogP contribution in [-0.2, 0) is 25.7 Å². The van der Waals surface area contributed by atoms with Crippen LogP contribution in [0.4, 0.5) is 0 Å². The number of hydrogen-bond acceptors (Lipinski definition) is 9. The normalized spacial score (nSPS) is 31.4. The number of hydrogen-bond donors (Lipinski definition) is 2. The Morgan fingerprint density at radius 2 is 1.73 bits per heavy atom. The van der Waals surface area contributed by atoms with E-state index < -0.39 is 28.9 Å². The van der Waals surface area contributed by atoms with Gasteiger partial charge in [0.05, 0.1) is 23.5 Å². The lowest BCUT2D eigenvalue weighted by Crippen LogP contribution is -2.62. The Morgan fingerprint density at radius 1 is 1.05 bits per heavy atom. The number of esters is 1. The molecule has 1 aromatic carbocycles. The molecular formula is C49H71N5O6. The van der Waals surface area contributed by atoms with Gasteiger partial charge >= 0.3 is 11.9 Å². The number of likely N-dealkylation sites (N-methyl/N-ethyl adjacent to an activating group) is 1. The molecule has 0 saturated heterocycles. The van der Waals surface area contributed by atoms with E-state index in [1.54, 1.807) is 26.0 Å². The van der Waals surface area contributed by atoms with Crippen LogP contribution in [0.1, 0.15) is 150 Å². The second-order valence-corrected chi connectivity index (χ2v) is 21.1. The van der Waals surface area contributed by atoms with Crippen LogP contribution in [0.5, 0.6) is 0 Å². The summed E-state index contributed by atoms with van der Waals surface area (Å²) in [4.78, 5) is 41.2. The Bertz CT molecular complexity index is 2030.